The van der Waals surface area contributed by atoms with Gasteiger partial charge in [-0.25, -0.2) is 0 Å². The van der Waals surface area contributed by atoms with Gasteiger partial charge in [0.1, 0.15) is 0 Å². The minimum atomic E-state index is 1.11. The SMILES string of the molecule is Cc1cccc2c1NNN2. The topological polar surface area (TPSA) is 36.1 Å². The Bertz CT molecular complexity index is 257. The lowest BCUT2D eigenvalue weighted by Gasteiger charge is -1.98. The summed E-state index contributed by atoms with van der Waals surface area (Å²) in [7, 11) is 0. The van der Waals surface area contributed by atoms with Gasteiger partial charge in [-0.3, -0.25) is 0 Å². The van der Waals surface area contributed by atoms with Crippen molar-refractivity contribution < 1.29 is 0 Å². The van der Waals surface area contributed by atoms with Crippen molar-refractivity contribution in [3.05, 3.63) is 23.8 Å². The minimum absolute atomic E-state index is 1.11. The molecule has 0 saturated carbocycles. The maximum absolute atomic E-state index is 3.01. The summed E-state index contributed by atoms with van der Waals surface area (Å²) < 4.78 is 0. The Morgan fingerprint density at radius 2 is 2.10 bits per heavy atom. The molecular weight excluding hydrogens is 126 g/mol. The molecule has 1 aliphatic heterocycles. The number of rotatable bonds is 0. The fourth-order valence-electron chi connectivity index (χ4n) is 1.10. The quantitative estimate of drug-likeness (QED) is 0.501. The van der Waals surface area contributed by atoms with Gasteiger partial charge >= 0.3 is 0 Å². The number of benzene rings is 1. The van der Waals surface area contributed by atoms with Crippen LogP contribution in [0, 0.1) is 6.92 Å². The number of para-hydroxylation sites is 1. The van der Waals surface area contributed by atoms with Crippen molar-refractivity contribution in [1.82, 2.24) is 5.53 Å². The lowest BCUT2D eigenvalue weighted by molar-refractivity contribution is 1.00. The van der Waals surface area contributed by atoms with Gasteiger partial charge in [0.25, 0.3) is 0 Å². The van der Waals surface area contributed by atoms with Crippen LogP contribution in [0.5, 0.6) is 0 Å². The molecule has 0 radical (unpaired) electrons. The van der Waals surface area contributed by atoms with Crippen molar-refractivity contribution in [3.8, 4) is 0 Å². The minimum Gasteiger partial charge on any atom is -0.302 e. The van der Waals surface area contributed by atoms with Gasteiger partial charge in [-0.15, -0.1) is 5.53 Å². The maximum Gasteiger partial charge on any atom is 0.0779 e. The summed E-state index contributed by atoms with van der Waals surface area (Å²) in [6.07, 6.45) is 0. The first-order valence-corrected chi connectivity index (χ1v) is 3.24. The molecule has 0 fully saturated rings. The van der Waals surface area contributed by atoms with Gasteiger partial charge in [-0.1, -0.05) is 12.1 Å². The first-order chi connectivity index (χ1) is 4.88. The van der Waals surface area contributed by atoms with Crippen LogP contribution >= 0.6 is 0 Å². The van der Waals surface area contributed by atoms with E-state index in [1.165, 1.54) is 5.56 Å². The molecule has 0 amide bonds. The van der Waals surface area contributed by atoms with Gasteiger partial charge in [0.15, 0.2) is 0 Å². The van der Waals surface area contributed by atoms with Crippen LogP contribution in [0.2, 0.25) is 0 Å². The van der Waals surface area contributed by atoms with E-state index in [-0.39, 0.29) is 0 Å². The molecule has 0 bridgehead atoms. The molecule has 0 atom stereocenters. The number of fused-ring (bicyclic) bond motifs is 1. The second-order valence-corrected chi connectivity index (χ2v) is 2.37. The third kappa shape index (κ3) is 0.642. The number of anilines is 2. The van der Waals surface area contributed by atoms with Gasteiger partial charge in [0.2, 0.25) is 0 Å². The highest BCUT2D eigenvalue weighted by atomic mass is 15.6. The predicted octanol–water partition coefficient (Wildman–Crippen LogP) is 1.25. The molecule has 1 aromatic carbocycles. The van der Waals surface area contributed by atoms with E-state index >= 15 is 0 Å². The zero-order valence-electron chi connectivity index (χ0n) is 5.73. The van der Waals surface area contributed by atoms with Crippen LogP contribution in [-0.4, -0.2) is 0 Å². The molecule has 0 spiro atoms. The zero-order valence-corrected chi connectivity index (χ0v) is 5.73. The first-order valence-electron chi connectivity index (χ1n) is 3.24. The van der Waals surface area contributed by atoms with Crippen LogP contribution in [0.15, 0.2) is 18.2 Å². The van der Waals surface area contributed by atoms with Crippen molar-refractivity contribution in [3.63, 3.8) is 0 Å². The second kappa shape index (κ2) is 1.88. The number of hydrazine groups is 2. The van der Waals surface area contributed by atoms with E-state index in [4.69, 9.17) is 0 Å². The molecular formula is C7H9N3. The van der Waals surface area contributed by atoms with E-state index in [1.807, 2.05) is 12.1 Å². The molecule has 1 aromatic rings. The lowest BCUT2D eigenvalue weighted by atomic mass is 10.2. The van der Waals surface area contributed by atoms with Crippen LogP contribution in [0.1, 0.15) is 5.56 Å². The number of aryl methyl sites for hydroxylation is 1. The molecule has 3 N–H and O–H groups in total. The van der Waals surface area contributed by atoms with E-state index < -0.39 is 0 Å². The monoisotopic (exact) mass is 135 g/mol. The van der Waals surface area contributed by atoms with Crippen LogP contribution in [0.25, 0.3) is 0 Å². The molecule has 0 aliphatic carbocycles. The maximum atomic E-state index is 3.01. The van der Waals surface area contributed by atoms with E-state index in [0.717, 1.165) is 11.4 Å². The Hall–Kier alpha value is -1.22. The summed E-state index contributed by atoms with van der Waals surface area (Å²) >= 11 is 0. The summed E-state index contributed by atoms with van der Waals surface area (Å²) in [5.41, 5.74) is 12.3. The fraction of sp³-hybridized carbons (Fsp3) is 0.143. The van der Waals surface area contributed by atoms with Crippen molar-refractivity contribution in [2.45, 2.75) is 6.92 Å². The Labute approximate surface area is 59.4 Å². The average Bonchev–Trinajstić information content (AvgIpc) is 2.36. The number of nitrogens with one attached hydrogen (secondary N) is 3. The molecule has 3 heteroatoms. The van der Waals surface area contributed by atoms with Crippen LogP contribution < -0.4 is 16.4 Å². The highest BCUT2D eigenvalue weighted by molar-refractivity contribution is 5.74. The average molecular weight is 135 g/mol. The number of hydrogen-bond donors (Lipinski definition) is 3. The zero-order chi connectivity index (χ0) is 6.97. The first kappa shape index (κ1) is 5.56. The third-order valence-electron chi connectivity index (χ3n) is 1.66. The Kier molecular flexibility index (Phi) is 1.05. The number of hydrogen-bond acceptors (Lipinski definition) is 3. The Balaban J connectivity index is 2.59. The van der Waals surface area contributed by atoms with Gasteiger partial charge in [-0.2, -0.15) is 0 Å². The van der Waals surface area contributed by atoms with Crippen LogP contribution in [0.4, 0.5) is 11.4 Å². The van der Waals surface area contributed by atoms with E-state index in [2.05, 4.69) is 29.4 Å². The molecule has 1 aliphatic rings. The molecule has 3 nitrogen and oxygen atoms in total. The van der Waals surface area contributed by atoms with E-state index in [1.54, 1.807) is 0 Å². The highest BCUT2D eigenvalue weighted by Gasteiger charge is 2.08. The van der Waals surface area contributed by atoms with Crippen LogP contribution in [-0.2, 0) is 0 Å². The molecule has 0 unspecified atom stereocenters. The predicted molar refractivity (Wildman–Crippen MR) is 41.6 cm³/mol. The van der Waals surface area contributed by atoms with Gasteiger partial charge < -0.3 is 10.9 Å². The van der Waals surface area contributed by atoms with Crippen molar-refractivity contribution in [2.24, 2.45) is 0 Å². The smallest absolute Gasteiger partial charge is 0.0779 e. The van der Waals surface area contributed by atoms with Gasteiger partial charge in [0, 0.05) is 0 Å². The fourth-order valence-corrected chi connectivity index (χ4v) is 1.10. The van der Waals surface area contributed by atoms with Crippen molar-refractivity contribution in [2.75, 3.05) is 10.9 Å². The lowest BCUT2D eigenvalue weighted by Crippen LogP contribution is -2.19. The van der Waals surface area contributed by atoms with E-state index in [0.29, 0.717) is 0 Å². The molecule has 2 rings (SSSR count). The molecule has 0 aromatic heterocycles. The summed E-state index contributed by atoms with van der Waals surface area (Å²) in [6.45, 7) is 2.07. The normalized spacial score (nSPS) is 13.7. The summed E-state index contributed by atoms with van der Waals surface area (Å²) in [4.78, 5) is 0. The van der Waals surface area contributed by atoms with Crippen molar-refractivity contribution in [1.29, 1.82) is 0 Å². The molecule has 52 valence electrons. The van der Waals surface area contributed by atoms with Crippen molar-refractivity contribution >= 4 is 11.4 Å². The molecule has 10 heavy (non-hydrogen) atoms. The molecule has 0 saturated heterocycles. The van der Waals surface area contributed by atoms with Gasteiger partial charge in [-0.05, 0) is 18.6 Å². The second-order valence-electron chi connectivity index (χ2n) is 2.37. The Morgan fingerprint density at radius 1 is 1.20 bits per heavy atom. The van der Waals surface area contributed by atoms with Crippen LogP contribution in [0.3, 0.4) is 0 Å². The summed E-state index contributed by atoms with van der Waals surface area (Å²) in [5.74, 6) is 0. The summed E-state index contributed by atoms with van der Waals surface area (Å²) in [6, 6.07) is 6.12. The third-order valence-corrected chi connectivity index (χ3v) is 1.66. The molecule has 1 heterocycles. The standard InChI is InChI=1S/C7H9N3/c1-5-3-2-4-6-7(5)9-10-8-6/h2-4,8-10H,1H3. The largest absolute Gasteiger partial charge is 0.302 e. The van der Waals surface area contributed by atoms with E-state index in [9.17, 15) is 0 Å². The summed E-state index contributed by atoms with van der Waals surface area (Å²) in [5, 5.41) is 0. The Morgan fingerprint density at radius 3 is 2.90 bits per heavy atom. The highest BCUT2D eigenvalue weighted by Crippen LogP contribution is 2.26. The van der Waals surface area contributed by atoms with Gasteiger partial charge in [0.05, 0.1) is 11.4 Å².